The molecule has 0 heterocycles. The third-order valence-corrected chi connectivity index (χ3v) is 3.38. The molecule has 5 nitrogen and oxygen atoms in total. The van der Waals surface area contributed by atoms with Gasteiger partial charge in [-0.05, 0) is 42.3 Å². The molecule has 2 aromatic carbocycles. The molecule has 25 heavy (non-hydrogen) atoms. The van der Waals surface area contributed by atoms with Crippen molar-refractivity contribution in [1.29, 1.82) is 0 Å². The van der Waals surface area contributed by atoms with Gasteiger partial charge in [0.25, 0.3) is 0 Å². The fraction of sp³-hybridized carbons (Fsp3) is 0.250. The lowest BCUT2D eigenvalue weighted by atomic mass is 10.2. The Morgan fingerprint density at radius 3 is 2.56 bits per heavy atom. The quantitative estimate of drug-likeness (QED) is 0.687. The second-order valence-corrected chi connectivity index (χ2v) is 5.77. The number of hydrogen-bond donors (Lipinski definition) is 2. The van der Waals surface area contributed by atoms with Crippen LogP contribution in [-0.2, 0) is 11.3 Å². The normalized spacial score (nSPS) is 10.2. The molecule has 0 radical (unpaired) electrons. The predicted octanol–water partition coefficient (Wildman–Crippen LogP) is 3.38. The molecule has 2 rings (SSSR count). The van der Waals surface area contributed by atoms with Crippen LogP contribution in [0, 0.1) is 0 Å². The molecular formula is C20H24N2O3. The number of methoxy groups -OCH3 is 1. The van der Waals surface area contributed by atoms with Gasteiger partial charge in [-0.15, -0.1) is 0 Å². The van der Waals surface area contributed by atoms with E-state index >= 15 is 0 Å². The van der Waals surface area contributed by atoms with Crippen molar-refractivity contribution in [3.8, 4) is 11.5 Å². The predicted molar refractivity (Wildman–Crippen MR) is 100 cm³/mol. The molecule has 1 amide bonds. The molecule has 0 aliphatic heterocycles. The molecule has 0 saturated heterocycles. The number of carbonyl (C=O) groups excluding carboxylic acids is 1. The molecule has 0 fully saturated rings. The number of carbonyl (C=O) groups is 1. The molecule has 132 valence electrons. The van der Waals surface area contributed by atoms with Gasteiger partial charge in [-0.3, -0.25) is 4.79 Å². The maximum absolute atomic E-state index is 12.0. The minimum absolute atomic E-state index is 0.106. The zero-order valence-corrected chi connectivity index (χ0v) is 14.7. The summed E-state index contributed by atoms with van der Waals surface area (Å²) < 4.78 is 10.7. The Morgan fingerprint density at radius 1 is 1.12 bits per heavy atom. The SMILES string of the molecule is C=C(C)COc1cccc(NC(=O)CNCc2ccc(OC)cc2)c1. The molecule has 0 spiro atoms. The Hall–Kier alpha value is -2.79. The van der Waals surface area contributed by atoms with Gasteiger partial charge >= 0.3 is 0 Å². The Bertz CT molecular complexity index is 711. The standard InChI is InChI=1S/C20H24N2O3/c1-15(2)14-25-19-6-4-5-17(11-19)22-20(23)13-21-12-16-7-9-18(24-3)10-8-16/h4-11,21H,1,12-14H2,2-3H3,(H,22,23). The number of ether oxygens (including phenoxy) is 2. The number of anilines is 1. The summed E-state index contributed by atoms with van der Waals surface area (Å²) in [5, 5.41) is 5.97. The lowest BCUT2D eigenvalue weighted by Crippen LogP contribution is -2.27. The second kappa shape index (κ2) is 9.49. The van der Waals surface area contributed by atoms with Crippen LogP contribution in [0.4, 0.5) is 5.69 Å². The van der Waals surface area contributed by atoms with Crippen molar-refractivity contribution in [1.82, 2.24) is 5.32 Å². The molecule has 0 bridgehead atoms. The van der Waals surface area contributed by atoms with Gasteiger partial charge in [-0.2, -0.15) is 0 Å². The van der Waals surface area contributed by atoms with Crippen LogP contribution in [0.1, 0.15) is 12.5 Å². The first-order valence-electron chi connectivity index (χ1n) is 8.07. The number of benzene rings is 2. The minimum atomic E-state index is -0.106. The second-order valence-electron chi connectivity index (χ2n) is 5.77. The summed E-state index contributed by atoms with van der Waals surface area (Å²) in [5.74, 6) is 1.41. The molecule has 0 unspecified atom stereocenters. The van der Waals surface area contributed by atoms with Crippen LogP contribution in [0.25, 0.3) is 0 Å². The van der Waals surface area contributed by atoms with Crippen LogP contribution in [0.5, 0.6) is 11.5 Å². The van der Waals surface area contributed by atoms with Crippen molar-refractivity contribution >= 4 is 11.6 Å². The molecular weight excluding hydrogens is 316 g/mol. The highest BCUT2D eigenvalue weighted by atomic mass is 16.5. The summed E-state index contributed by atoms with van der Waals surface area (Å²) in [6, 6.07) is 15.0. The summed E-state index contributed by atoms with van der Waals surface area (Å²) in [6.45, 7) is 7.00. The maximum Gasteiger partial charge on any atom is 0.238 e. The van der Waals surface area contributed by atoms with Gasteiger partial charge in [0.15, 0.2) is 0 Å². The zero-order valence-electron chi connectivity index (χ0n) is 14.7. The molecule has 0 aliphatic rings. The van der Waals surface area contributed by atoms with Gasteiger partial charge in [-0.1, -0.05) is 24.8 Å². The van der Waals surface area contributed by atoms with Gasteiger partial charge in [-0.25, -0.2) is 0 Å². The number of hydrogen-bond acceptors (Lipinski definition) is 4. The van der Waals surface area contributed by atoms with Crippen molar-refractivity contribution in [3.05, 3.63) is 66.2 Å². The van der Waals surface area contributed by atoms with Gasteiger partial charge in [0.05, 0.1) is 13.7 Å². The summed E-state index contributed by atoms with van der Waals surface area (Å²) in [5.41, 5.74) is 2.73. The summed E-state index contributed by atoms with van der Waals surface area (Å²) in [4.78, 5) is 12.0. The third kappa shape index (κ3) is 6.69. The Kier molecular flexibility index (Phi) is 7.04. The first-order chi connectivity index (χ1) is 12.1. The van der Waals surface area contributed by atoms with Crippen molar-refractivity contribution in [3.63, 3.8) is 0 Å². The van der Waals surface area contributed by atoms with E-state index in [0.29, 0.717) is 24.6 Å². The first-order valence-corrected chi connectivity index (χ1v) is 8.07. The average molecular weight is 340 g/mol. The van der Waals surface area contributed by atoms with Crippen LogP contribution >= 0.6 is 0 Å². The molecule has 2 aromatic rings. The number of amides is 1. The van der Waals surface area contributed by atoms with E-state index in [4.69, 9.17) is 9.47 Å². The van der Waals surface area contributed by atoms with Crippen LogP contribution in [0.3, 0.4) is 0 Å². The van der Waals surface area contributed by atoms with Crippen LogP contribution < -0.4 is 20.1 Å². The molecule has 0 saturated carbocycles. The molecule has 0 aliphatic carbocycles. The monoisotopic (exact) mass is 340 g/mol. The highest BCUT2D eigenvalue weighted by molar-refractivity contribution is 5.92. The van der Waals surface area contributed by atoms with E-state index in [0.717, 1.165) is 16.9 Å². The maximum atomic E-state index is 12.0. The minimum Gasteiger partial charge on any atom is -0.497 e. The lowest BCUT2D eigenvalue weighted by molar-refractivity contribution is -0.115. The first kappa shape index (κ1) is 18.5. The Labute approximate surface area is 148 Å². The van der Waals surface area contributed by atoms with Gasteiger partial charge in [0.2, 0.25) is 5.91 Å². The van der Waals surface area contributed by atoms with E-state index in [2.05, 4.69) is 17.2 Å². The van der Waals surface area contributed by atoms with Crippen molar-refractivity contribution < 1.29 is 14.3 Å². The average Bonchev–Trinajstić information content (AvgIpc) is 2.61. The molecule has 0 aromatic heterocycles. The smallest absolute Gasteiger partial charge is 0.238 e. The van der Waals surface area contributed by atoms with E-state index in [1.165, 1.54) is 0 Å². The largest absolute Gasteiger partial charge is 0.497 e. The van der Waals surface area contributed by atoms with Gasteiger partial charge in [0, 0.05) is 18.3 Å². The van der Waals surface area contributed by atoms with E-state index < -0.39 is 0 Å². The summed E-state index contributed by atoms with van der Waals surface area (Å²) in [7, 11) is 1.64. The molecule has 2 N–H and O–H groups in total. The van der Waals surface area contributed by atoms with Crippen molar-refractivity contribution in [2.75, 3.05) is 25.6 Å². The third-order valence-electron chi connectivity index (χ3n) is 3.38. The van der Waals surface area contributed by atoms with Gasteiger partial charge < -0.3 is 20.1 Å². The van der Waals surface area contributed by atoms with Gasteiger partial charge in [0.1, 0.15) is 18.1 Å². The van der Waals surface area contributed by atoms with E-state index in [9.17, 15) is 4.79 Å². The summed E-state index contributed by atoms with van der Waals surface area (Å²) >= 11 is 0. The highest BCUT2D eigenvalue weighted by Gasteiger charge is 2.04. The molecule has 0 atom stereocenters. The molecule has 5 heteroatoms. The summed E-state index contributed by atoms with van der Waals surface area (Å²) in [6.07, 6.45) is 0. The van der Waals surface area contributed by atoms with Crippen LogP contribution in [-0.4, -0.2) is 26.2 Å². The Morgan fingerprint density at radius 2 is 1.88 bits per heavy atom. The zero-order chi connectivity index (χ0) is 18.1. The highest BCUT2D eigenvalue weighted by Crippen LogP contribution is 2.17. The topological polar surface area (TPSA) is 59.6 Å². The van der Waals surface area contributed by atoms with Crippen LogP contribution in [0.2, 0.25) is 0 Å². The fourth-order valence-electron chi connectivity index (χ4n) is 2.14. The lowest BCUT2D eigenvalue weighted by Gasteiger charge is -2.10. The van der Waals surface area contributed by atoms with E-state index in [-0.39, 0.29) is 12.5 Å². The fourth-order valence-corrected chi connectivity index (χ4v) is 2.14. The Balaban J connectivity index is 1.77. The van der Waals surface area contributed by atoms with E-state index in [1.807, 2.05) is 49.4 Å². The van der Waals surface area contributed by atoms with E-state index in [1.54, 1.807) is 13.2 Å². The van der Waals surface area contributed by atoms with Crippen molar-refractivity contribution in [2.45, 2.75) is 13.5 Å². The van der Waals surface area contributed by atoms with Crippen LogP contribution in [0.15, 0.2) is 60.7 Å². The number of rotatable bonds is 9. The van der Waals surface area contributed by atoms with Crippen molar-refractivity contribution in [2.24, 2.45) is 0 Å². The number of nitrogens with one attached hydrogen (secondary N) is 2.